The maximum atomic E-state index is 12.4. The van der Waals surface area contributed by atoms with Crippen LogP contribution in [0.4, 0.5) is 5.69 Å². The van der Waals surface area contributed by atoms with Gasteiger partial charge in [-0.25, -0.2) is 0 Å². The average molecular weight is 324 g/mol. The molecule has 4 heteroatoms. The van der Waals surface area contributed by atoms with E-state index in [2.05, 4.69) is 5.32 Å². The summed E-state index contributed by atoms with van der Waals surface area (Å²) in [5.41, 5.74) is 4.13. The fourth-order valence-corrected chi connectivity index (χ4v) is 2.54. The van der Waals surface area contributed by atoms with E-state index in [-0.39, 0.29) is 11.8 Å². The maximum Gasteiger partial charge on any atom is 0.255 e. The smallest absolute Gasteiger partial charge is 0.255 e. The maximum absolute atomic E-state index is 12.4. The highest BCUT2D eigenvalue weighted by molar-refractivity contribution is 6.05. The Balaban J connectivity index is 2.14. The number of amides is 2. The fraction of sp³-hybridized carbons (Fsp3) is 0.300. The van der Waals surface area contributed by atoms with Gasteiger partial charge in [-0.1, -0.05) is 12.1 Å². The van der Waals surface area contributed by atoms with E-state index in [0.717, 1.165) is 16.8 Å². The molecule has 0 saturated heterocycles. The summed E-state index contributed by atoms with van der Waals surface area (Å²) < 4.78 is 0. The number of hydrogen-bond acceptors (Lipinski definition) is 2. The van der Waals surface area contributed by atoms with Crippen LogP contribution in [0.5, 0.6) is 0 Å². The lowest BCUT2D eigenvalue weighted by Gasteiger charge is -2.18. The van der Waals surface area contributed by atoms with Crippen molar-refractivity contribution in [2.24, 2.45) is 0 Å². The Morgan fingerprint density at radius 2 is 1.50 bits per heavy atom. The monoisotopic (exact) mass is 324 g/mol. The molecule has 24 heavy (non-hydrogen) atoms. The number of nitrogens with one attached hydrogen (secondary N) is 1. The summed E-state index contributed by atoms with van der Waals surface area (Å²) in [5.74, 6) is -0.188. The van der Waals surface area contributed by atoms with Gasteiger partial charge in [0.1, 0.15) is 0 Å². The molecule has 4 nitrogen and oxygen atoms in total. The molecule has 0 radical (unpaired) electrons. The van der Waals surface area contributed by atoms with Gasteiger partial charge in [-0.15, -0.1) is 0 Å². The number of aryl methyl sites for hydroxylation is 1. The van der Waals surface area contributed by atoms with Gasteiger partial charge in [-0.3, -0.25) is 9.59 Å². The molecule has 0 heterocycles. The minimum Gasteiger partial charge on any atom is -0.339 e. The highest BCUT2D eigenvalue weighted by atomic mass is 16.2. The standard InChI is InChI=1S/C20H24N2O2/c1-5-22(6-2)20(24)17-12-10-16(11-13-17)19(23)21-18-9-7-8-14(3)15(18)4/h7-13H,5-6H2,1-4H3,(H,21,23). The molecule has 0 fully saturated rings. The van der Waals surface area contributed by atoms with Crippen LogP contribution in [0.2, 0.25) is 0 Å². The average Bonchev–Trinajstić information content (AvgIpc) is 2.60. The van der Waals surface area contributed by atoms with E-state index in [1.54, 1.807) is 29.2 Å². The van der Waals surface area contributed by atoms with Gasteiger partial charge in [0.2, 0.25) is 0 Å². The minimum absolute atomic E-state index is 0.0125. The van der Waals surface area contributed by atoms with Crippen LogP contribution in [0.3, 0.4) is 0 Å². The highest BCUT2D eigenvalue weighted by Gasteiger charge is 2.14. The normalized spacial score (nSPS) is 10.3. The molecule has 0 bridgehead atoms. The Hall–Kier alpha value is -2.62. The van der Waals surface area contributed by atoms with Crippen LogP contribution in [0, 0.1) is 13.8 Å². The minimum atomic E-state index is -0.175. The third-order valence-corrected chi connectivity index (χ3v) is 4.30. The van der Waals surface area contributed by atoms with E-state index in [0.29, 0.717) is 24.2 Å². The van der Waals surface area contributed by atoms with Gasteiger partial charge in [-0.05, 0) is 69.2 Å². The summed E-state index contributed by atoms with van der Waals surface area (Å²) in [6.45, 7) is 9.24. The second kappa shape index (κ2) is 7.77. The van der Waals surface area contributed by atoms with Gasteiger partial charge < -0.3 is 10.2 Å². The van der Waals surface area contributed by atoms with Crippen LogP contribution in [-0.4, -0.2) is 29.8 Å². The van der Waals surface area contributed by atoms with Gasteiger partial charge in [0, 0.05) is 29.9 Å². The molecule has 1 N–H and O–H groups in total. The summed E-state index contributed by atoms with van der Waals surface area (Å²) in [4.78, 5) is 26.4. The molecule has 0 aliphatic carbocycles. The van der Waals surface area contributed by atoms with Gasteiger partial charge in [0.25, 0.3) is 11.8 Å². The molecular weight excluding hydrogens is 300 g/mol. The van der Waals surface area contributed by atoms with Crippen molar-refractivity contribution in [3.8, 4) is 0 Å². The lowest BCUT2D eigenvalue weighted by atomic mass is 10.1. The van der Waals surface area contributed by atoms with Gasteiger partial charge in [0.15, 0.2) is 0 Å². The van der Waals surface area contributed by atoms with Gasteiger partial charge in [0.05, 0.1) is 0 Å². The largest absolute Gasteiger partial charge is 0.339 e. The first kappa shape index (κ1) is 17.7. The number of nitrogens with zero attached hydrogens (tertiary/aromatic N) is 1. The van der Waals surface area contributed by atoms with E-state index < -0.39 is 0 Å². The summed E-state index contributed by atoms with van der Waals surface area (Å²) in [6.07, 6.45) is 0. The molecule has 0 aromatic heterocycles. The number of rotatable bonds is 5. The quantitative estimate of drug-likeness (QED) is 0.902. The van der Waals surface area contributed by atoms with Crippen LogP contribution in [0.15, 0.2) is 42.5 Å². The first-order chi connectivity index (χ1) is 11.5. The Bertz CT molecular complexity index is 732. The zero-order valence-corrected chi connectivity index (χ0v) is 14.7. The molecule has 0 aliphatic heterocycles. The van der Waals surface area contributed by atoms with E-state index in [9.17, 15) is 9.59 Å². The predicted octanol–water partition coefficient (Wildman–Crippen LogP) is 4.04. The molecule has 2 rings (SSSR count). The van der Waals surface area contributed by atoms with Crippen molar-refractivity contribution in [3.63, 3.8) is 0 Å². The summed E-state index contributed by atoms with van der Waals surface area (Å²) in [7, 11) is 0. The Kier molecular flexibility index (Phi) is 5.74. The van der Waals surface area contributed by atoms with Crippen molar-refractivity contribution in [3.05, 3.63) is 64.7 Å². The summed E-state index contributed by atoms with van der Waals surface area (Å²) >= 11 is 0. The van der Waals surface area contributed by atoms with Crippen LogP contribution in [0.25, 0.3) is 0 Å². The van der Waals surface area contributed by atoms with Gasteiger partial charge in [-0.2, -0.15) is 0 Å². The molecule has 0 atom stereocenters. The molecule has 0 aliphatic rings. The van der Waals surface area contributed by atoms with Crippen molar-refractivity contribution in [2.75, 3.05) is 18.4 Å². The molecule has 2 aromatic carbocycles. The predicted molar refractivity (Wildman–Crippen MR) is 97.6 cm³/mol. The number of hydrogen-bond donors (Lipinski definition) is 1. The topological polar surface area (TPSA) is 49.4 Å². The highest BCUT2D eigenvalue weighted by Crippen LogP contribution is 2.19. The second-order valence-electron chi connectivity index (χ2n) is 5.76. The third-order valence-electron chi connectivity index (χ3n) is 4.30. The summed E-state index contributed by atoms with van der Waals surface area (Å²) in [6, 6.07) is 12.6. The molecule has 0 unspecified atom stereocenters. The van der Waals surface area contributed by atoms with E-state index in [1.807, 2.05) is 45.9 Å². The lowest BCUT2D eigenvalue weighted by molar-refractivity contribution is 0.0772. The Morgan fingerprint density at radius 1 is 0.917 bits per heavy atom. The number of carbonyl (C=O) groups excluding carboxylic acids is 2. The third kappa shape index (κ3) is 3.82. The van der Waals surface area contributed by atoms with Gasteiger partial charge >= 0.3 is 0 Å². The van der Waals surface area contributed by atoms with Crippen molar-refractivity contribution in [2.45, 2.75) is 27.7 Å². The van der Waals surface area contributed by atoms with Crippen molar-refractivity contribution < 1.29 is 9.59 Å². The molecule has 0 saturated carbocycles. The lowest BCUT2D eigenvalue weighted by Crippen LogP contribution is -2.30. The fourth-order valence-electron chi connectivity index (χ4n) is 2.54. The first-order valence-corrected chi connectivity index (χ1v) is 8.24. The van der Waals surface area contributed by atoms with E-state index in [1.165, 1.54) is 0 Å². The van der Waals surface area contributed by atoms with E-state index in [4.69, 9.17) is 0 Å². The zero-order valence-electron chi connectivity index (χ0n) is 14.7. The number of benzene rings is 2. The number of carbonyl (C=O) groups is 2. The molecular formula is C20H24N2O2. The van der Waals surface area contributed by atoms with Crippen LogP contribution in [0.1, 0.15) is 45.7 Å². The molecule has 126 valence electrons. The van der Waals surface area contributed by atoms with Crippen LogP contribution >= 0.6 is 0 Å². The van der Waals surface area contributed by atoms with Crippen molar-refractivity contribution >= 4 is 17.5 Å². The second-order valence-corrected chi connectivity index (χ2v) is 5.76. The van der Waals surface area contributed by atoms with Crippen LogP contribution in [-0.2, 0) is 0 Å². The first-order valence-electron chi connectivity index (χ1n) is 8.24. The molecule has 0 spiro atoms. The van der Waals surface area contributed by atoms with E-state index >= 15 is 0 Å². The summed E-state index contributed by atoms with van der Waals surface area (Å²) in [5, 5.41) is 2.93. The van der Waals surface area contributed by atoms with Crippen LogP contribution < -0.4 is 5.32 Å². The molecule has 2 aromatic rings. The Morgan fingerprint density at radius 3 is 2.08 bits per heavy atom. The van der Waals surface area contributed by atoms with Crippen molar-refractivity contribution in [1.29, 1.82) is 0 Å². The van der Waals surface area contributed by atoms with Crippen molar-refractivity contribution in [1.82, 2.24) is 4.90 Å². The zero-order chi connectivity index (χ0) is 17.7. The molecule has 2 amide bonds. The Labute approximate surface area is 143 Å². The SMILES string of the molecule is CCN(CC)C(=O)c1ccc(C(=O)Nc2cccc(C)c2C)cc1. The number of anilines is 1.